The maximum atomic E-state index is 9.85. The van der Waals surface area contributed by atoms with Crippen LogP contribution in [0.5, 0.6) is 0 Å². The average molecular weight is 284 g/mol. The fourth-order valence-electron chi connectivity index (χ4n) is 3.63. The van der Waals surface area contributed by atoms with Crippen LogP contribution in [0.2, 0.25) is 0 Å². The SMILES string of the molecule is CCNC1(CO)CCCC1CCN(C)C(C)C(C)(C)C. The molecule has 3 unspecified atom stereocenters. The van der Waals surface area contributed by atoms with Crippen molar-refractivity contribution in [3.05, 3.63) is 0 Å². The Morgan fingerprint density at radius 3 is 2.55 bits per heavy atom. The van der Waals surface area contributed by atoms with Crippen molar-refractivity contribution in [2.75, 3.05) is 26.7 Å². The number of nitrogens with zero attached hydrogens (tertiary/aromatic N) is 1. The van der Waals surface area contributed by atoms with E-state index in [1.807, 2.05) is 0 Å². The monoisotopic (exact) mass is 284 g/mol. The summed E-state index contributed by atoms with van der Waals surface area (Å²) in [7, 11) is 2.23. The molecule has 1 saturated carbocycles. The largest absolute Gasteiger partial charge is 0.394 e. The molecule has 120 valence electrons. The number of aliphatic hydroxyl groups excluding tert-OH is 1. The molecule has 1 aliphatic carbocycles. The van der Waals surface area contributed by atoms with Gasteiger partial charge in [-0.1, -0.05) is 34.1 Å². The van der Waals surface area contributed by atoms with Gasteiger partial charge < -0.3 is 15.3 Å². The van der Waals surface area contributed by atoms with Gasteiger partial charge in [0.1, 0.15) is 0 Å². The minimum atomic E-state index is -0.0133. The van der Waals surface area contributed by atoms with Crippen LogP contribution in [0, 0.1) is 11.3 Å². The predicted octanol–water partition coefficient (Wildman–Crippen LogP) is 2.88. The normalized spacial score (nSPS) is 29.1. The lowest BCUT2D eigenvalue weighted by Gasteiger charge is -2.39. The molecule has 1 fully saturated rings. The summed E-state index contributed by atoms with van der Waals surface area (Å²) in [6.45, 7) is 13.7. The van der Waals surface area contributed by atoms with E-state index in [4.69, 9.17) is 0 Å². The second-order valence-corrected chi connectivity index (χ2v) is 7.75. The molecule has 0 aliphatic heterocycles. The molecule has 0 radical (unpaired) electrons. The van der Waals surface area contributed by atoms with Gasteiger partial charge in [0.25, 0.3) is 0 Å². The second kappa shape index (κ2) is 7.24. The highest BCUT2D eigenvalue weighted by atomic mass is 16.3. The Hall–Kier alpha value is -0.120. The van der Waals surface area contributed by atoms with Gasteiger partial charge in [-0.25, -0.2) is 0 Å². The first-order chi connectivity index (χ1) is 9.27. The Balaban J connectivity index is 2.55. The van der Waals surface area contributed by atoms with Crippen molar-refractivity contribution in [2.45, 2.75) is 71.9 Å². The first-order valence-electron chi connectivity index (χ1n) is 8.33. The highest BCUT2D eigenvalue weighted by Gasteiger charge is 2.41. The second-order valence-electron chi connectivity index (χ2n) is 7.75. The maximum Gasteiger partial charge on any atom is 0.0616 e. The summed E-state index contributed by atoms with van der Waals surface area (Å²) in [5.74, 6) is 0.613. The molecular weight excluding hydrogens is 248 g/mol. The highest BCUT2D eigenvalue weighted by Crippen LogP contribution is 2.38. The van der Waals surface area contributed by atoms with Crippen LogP contribution in [-0.4, -0.2) is 48.3 Å². The van der Waals surface area contributed by atoms with Crippen LogP contribution in [0.25, 0.3) is 0 Å². The van der Waals surface area contributed by atoms with Crippen molar-refractivity contribution in [1.82, 2.24) is 10.2 Å². The standard InChI is InChI=1S/C17H36N2O/c1-7-18-17(13-20)11-8-9-15(17)10-12-19(6)14(2)16(3,4)5/h14-15,18,20H,7-13H2,1-6H3. The molecule has 0 aromatic rings. The zero-order chi connectivity index (χ0) is 15.4. The van der Waals surface area contributed by atoms with Gasteiger partial charge in [0.05, 0.1) is 6.61 Å². The van der Waals surface area contributed by atoms with E-state index in [0.29, 0.717) is 17.4 Å². The Labute approximate surface area is 126 Å². The van der Waals surface area contributed by atoms with Gasteiger partial charge in [0.2, 0.25) is 0 Å². The van der Waals surface area contributed by atoms with Crippen molar-refractivity contribution in [2.24, 2.45) is 11.3 Å². The van der Waals surface area contributed by atoms with E-state index in [0.717, 1.165) is 19.5 Å². The molecule has 1 rings (SSSR count). The van der Waals surface area contributed by atoms with Crippen LogP contribution in [0.15, 0.2) is 0 Å². The first kappa shape index (κ1) is 17.9. The van der Waals surface area contributed by atoms with Gasteiger partial charge in [-0.05, 0) is 57.7 Å². The van der Waals surface area contributed by atoms with Crippen LogP contribution in [0.3, 0.4) is 0 Å². The van der Waals surface area contributed by atoms with Crippen LogP contribution in [0.1, 0.15) is 60.3 Å². The van der Waals surface area contributed by atoms with Crippen molar-refractivity contribution in [3.8, 4) is 0 Å². The van der Waals surface area contributed by atoms with Crippen LogP contribution in [0.4, 0.5) is 0 Å². The van der Waals surface area contributed by atoms with Crippen molar-refractivity contribution >= 4 is 0 Å². The predicted molar refractivity (Wildman–Crippen MR) is 87.0 cm³/mol. The van der Waals surface area contributed by atoms with Crippen molar-refractivity contribution in [3.63, 3.8) is 0 Å². The van der Waals surface area contributed by atoms with Crippen LogP contribution >= 0.6 is 0 Å². The minimum Gasteiger partial charge on any atom is -0.394 e. The van der Waals surface area contributed by atoms with Crippen molar-refractivity contribution < 1.29 is 5.11 Å². The molecule has 0 heterocycles. The van der Waals surface area contributed by atoms with E-state index < -0.39 is 0 Å². The molecule has 0 saturated heterocycles. The molecule has 0 bridgehead atoms. The fraction of sp³-hybridized carbons (Fsp3) is 1.00. The molecule has 0 aromatic heterocycles. The Bertz CT molecular complexity index is 287. The lowest BCUT2D eigenvalue weighted by molar-refractivity contribution is 0.0962. The molecule has 2 N–H and O–H groups in total. The lowest BCUT2D eigenvalue weighted by Crippen LogP contribution is -2.52. The number of hydrogen-bond acceptors (Lipinski definition) is 3. The molecular formula is C17H36N2O. The molecule has 0 spiro atoms. The summed E-state index contributed by atoms with van der Waals surface area (Å²) >= 11 is 0. The summed E-state index contributed by atoms with van der Waals surface area (Å²) in [6.07, 6.45) is 4.81. The average Bonchev–Trinajstić information content (AvgIpc) is 2.78. The van der Waals surface area contributed by atoms with Crippen LogP contribution < -0.4 is 5.32 Å². The third-order valence-electron chi connectivity index (χ3n) is 5.51. The molecule has 1 aliphatic rings. The Morgan fingerprint density at radius 1 is 1.40 bits per heavy atom. The van der Waals surface area contributed by atoms with E-state index in [2.05, 4.69) is 51.9 Å². The molecule has 3 heteroatoms. The van der Waals surface area contributed by atoms with E-state index >= 15 is 0 Å². The zero-order valence-electron chi connectivity index (χ0n) is 14.5. The third-order valence-corrected chi connectivity index (χ3v) is 5.51. The number of rotatable bonds is 7. The number of likely N-dealkylation sites (N-methyl/N-ethyl adjacent to an activating group) is 1. The molecule has 3 nitrogen and oxygen atoms in total. The van der Waals surface area contributed by atoms with E-state index in [9.17, 15) is 5.11 Å². The maximum absolute atomic E-state index is 9.85. The topological polar surface area (TPSA) is 35.5 Å². The summed E-state index contributed by atoms with van der Waals surface area (Å²) < 4.78 is 0. The van der Waals surface area contributed by atoms with Gasteiger partial charge in [0, 0.05) is 11.6 Å². The molecule has 3 atom stereocenters. The third kappa shape index (κ3) is 4.19. The number of aliphatic hydroxyl groups is 1. The summed E-state index contributed by atoms with van der Waals surface area (Å²) in [4.78, 5) is 2.48. The zero-order valence-corrected chi connectivity index (χ0v) is 14.5. The summed E-state index contributed by atoms with van der Waals surface area (Å²) in [5.41, 5.74) is 0.306. The summed E-state index contributed by atoms with van der Waals surface area (Å²) in [6, 6.07) is 0.576. The van der Waals surface area contributed by atoms with E-state index in [1.54, 1.807) is 0 Å². The van der Waals surface area contributed by atoms with E-state index in [1.165, 1.54) is 19.3 Å². The smallest absolute Gasteiger partial charge is 0.0616 e. The number of hydrogen-bond donors (Lipinski definition) is 2. The van der Waals surface area contributed by atoms with Gasteiger partial charge in [-0.15, -0.1) is 0 Å². The van der Waals surface area contributed by atoms with Crippen molar-refractivity contribution in [1.29, 1.82) is 0 Å². The number of nitrogens with one attached hydrogen (secondary N) is 1. The van der Waals surface area contributed by atoms with Gasteiger partial charge in [0.15, 0.2) is 0 Å². The first-order valence-corrected chi connectivity index (χ1v) is 8.33. The fourth-order valence-corrected chi connectivity index (χ4v) is 3.63. The van der Waals surface area contributed by atoms with Gasteiger partial charge in [-0.3, -0.25) is 0 Å². The quantitative estimate of drug-likeness (QED) is 0.754. The molecule has 0 amide bonds. The lowest BCUT2D eigenvalue weighted by atomic mass is 9.84. The van der Waals surface area contributed by atoms with Gasteiger partial charge in [-0.2, -0.15) is 0 Å². The van der Waals surface area contributed by atoms with Crippen LogP contribution in [-0.2, 0) is 0 Å². The summed E-state index contributed by atoms with van der Waals surface area (Å²) in [5, 5.41) is 13.4. The Kier molecular flexibility index (Phi) is 6.49. The molecule has 0 aromatic carbocycles. The minimum absolute atomic E-state index is 0.0133. The highest BCUT2D eigenvalue weighted by molar-refractivity contribution is 4.99. The molecule has 20 heavy (non-hydrogen) atoms. The van der Waals surface area contributed by atoms with E-state index in [-0.39, 0.29) is 12.1 Å². The Morgan fingerprint density at radius 2 is 2.05 bits per heavy atom. The van der Waals surface area contributed by atoms with Gasteiger partial charge >= 0.3 is 0 Å².